The minimum Gasteiger partial charge on any atom is -0.480 e. The van der Waals surface area contributed by atoms with Crippen LogP contribution in [-0.2, 0) is 14.3 Å². The maximum absolute atomic E-state index is 12.9. The second-order valence-electron chi connectivity index (χ2n) is 8.66. The van der Waals surface area contributed by atoms with Crippen molar-refractivity contribution in [1.29, 1.82) is 0 Å². The van der Waals surface area contributed by atoms with Crippen LogP contribution in [0.5, 0.6) is 0 Å². The number of nitrogens with one attached hydrogen (secondary N) is 1. The average Bonchev–Trinajstić information content (AvgIpc) is 3.56. The highest BCUT2D eigenvalue weighted by Gasteiger charge is 2.35. The molecule has 7 nitrogen and oxygen atoms in total. The van der Waals surface area contributed by atoms with Gasteiger partial charge in [-0.05, 0) is 41.5 Å². The van der Waals surface area contributed by atoms with E-state index in [9.17, 15) is 19.5 Å². The number of likely N-dealkylation sites (N-methyl/N-ethyl adjacent to an activating group) is 1. The molecule has 1 fully saturated rings. The number of rotatable bonds is 8. The van der Waals surface area contributed by atoms with E-state index in [0.717, 1.165) is 35.1 Å². The Bertz CT molecular complexity index is 987. The summed E-state index contributed by atoms with van der Waals surface area (Å²) in [5.74, 6) is -1.21. The Morgan fingerprint density at radius 1 is 1.06 bits per heavy atom. The number of aliphatic carboxylic acids is 1. The van der Waals surface area contributed by atoms with Gasteiger partial charge in [0.05, 0.1) is 0 Å². The zero-order valence-corrected chi connectivity index (χ0v) is 18.3. The number of ether oxygens (including phenoxy) is 1. The van der Waals surface area contributed by atoms with E-state index in [-0.39, 0.29) is 12.5 Å². The van der Waals surface area contributed by atoms with Crippen LogP contribution >= 0.6 is 0 Å². The number of carboxylic acids is 1. The summed E-state index contributed by atoms with van der Waals surface area (Å²) < 4.78 is 5.57. The van der Waals surface area contributed by atoms with Crippen molar-refractivity contribution in [3.63, 3.8) is 0 Å². The van der Waals surface area contributed by atoms with E-state index in [1.54, 1.807) is 0 Å². The summed E-state index contributed by atoms with van der Waals surface area (Å²) in [4.78, 5) is 37.9. The van der Waals surface area contributed by atoms with Gasteiger partial charge in [0.2, 0.25) is 5.91 Å². The van der Waals surface area contributed by atoms with Crippen LogP contribution in [0.25, 0.3) is 11.1 Å². The summed E-state index contributed by atoms with van der Waals surface area (Å²) in [5.41, 5.74) is 4.51. The number of carbonyl (C=O) groups is 3. The molecule has 0 spiro atoms. The van der Waals surface area contributed by atoms with Gasteiger partial charge in [0.15, 0.2) is 0 Å². The summed E-state index contributed by atoms with van der Waals surface area (Å²) in [6.07, 6.45) is 1.84. The van der Waals surface area contributed by atoms with Gasteiger partial charge < -0.3 is 20.1 Å². The quantitative estimate of drug-likeness (QED) is 0.659. The van der Waals surface area contributed by atoms with Crippen molar-refractivity contribution in [2.75, 3.05) is 13.7 Å². The van der Waals surface area contributed by atoms with E-state index in [2.05, 4.69) is 17.4 Å². The lowest BCUT2D eigenvalue weighted by atomic mass is 9.98. The van der Waals surface area contributed by atoms with Crippen LogP contribution in [0.4, 0.5) is 4.79 Å². The zero-order chi connectivity index (χ0) is 22.8. The maximum atomic E-state index is 12.9. The molecular formula is C25H28N2O5. The molecule has 2 aromatic carbocycles. The minimum absolute atomic E-state index is 0.0690. The summed E-state index contributed by atoms with van der Waals surface area (Å²) >= 11 is 0. The molecule has 0 bridgehead atoms. The summed E-state index contributed by atoms with van der Waals surface area (Å²) in [7, 11) is 1.44. The van der Waals surface area contributed by atoms with E-state index in [1.165, 1.54) is 18.9 Å². The van der Waals surface area contributed by atoms with Crippen LogP contribution in [0, 0.1) is 5.92 Å². The smallest absolute Gasteiger partial charge is 0.407 e. The first-order valence-corrected chi connectivity index (χ1v) is 11.0. The lowest BCUT2D eigenvalue weighted by Gasteiger charge is -2.27. The van der Waals surface area contributed by atoms with Crippen molar-refractivity contribution in [3.8, 4) is 11.1 Å². The number of benzene rings is 2. The van der Waals surface area contributed by atoms with E-state index in [4.69, 9.17) is 4.74 Å². The topological polar surface area (TPSA) is 95.9 Å². The molecule has 4 rings (SSSR count). The van der Waals surface area contributed by atoms with E-state index < -0.39 is 30.1 Å². The predicted octanol–water partition coefficient (Wildman–Crippen LogP) is 3.63. The number of amides is 2. The number of nitrogens with zero attached hydrogens (tertiary/aromatic N) is 1. The fourth-order valence-electron chi connectivity index (χ4n) is 4.29. The van der Waals surface area contributed by atoms with Crippen LogP contribution in [0.15, 0.2) is 48.5 Å². The van der Waals surface area contributed by atoms with Gasteiger partial charge in [-0.3, -0.25) is 4.79 Å². The largest absolute Gasteiger partial charge is 0.480 e. The van der Waals surface area contributed by atoms with Crippen LogP contribution < -0.4 is 5.32 Å². The third kappa shape index (κ3) is 4.47. The van der Waals surface area contributed by atoms with Gasteiger partial charge in [-0.15, -0.1) is 0 Å². The maximum Gasteiger partial charge on any atom is 0.407 e. The molecule has 0 saturated heterocycles. The van der Waals surface area contributed by atoms with Crippen LogP contribution in [0.2, 0.25) is 0 Å². The third-order valence-electron chi connectivity index (χ3n) is 6.49. The first kappa shape index (κ1) is 21.9. The first-order valence-electron chi connectivity index (χ1n) is 11.0. The Morgan fingerprint density at radius 2 is 1.62 bits per heavy atom. The van der Waals surface area contributed by atoms with Gasteiger partial charge in [-0.1, -0.05) is 61.4 Å². The van der Waals surface area contributed by atoms with Crippen molar-refractivity contribution in [2.24, 2.45) is 5.92 Å². The molecular weight excluding hydrogens is 408 g/mol. The molecule has 2 N–H and O–H groups in total. The third-order valence-corrected chi connectivity index (χ3v) is 6.49. The Balaban J connectivity index is 1.43. The van der Waals surface area contributed by atoms with Crippen LogP contribution in [-0.4, -0.2) is 53.7 Å². The molecule has 2 atom stereocenters. The minimum atomic E-state index is -1.09. The SMILES string of the molecule is CC(C(=O)O)N(C)C(=O)[C@H](CC1CC1)NC(=O)OCC1c2ccccc2-c2ccccc21. The highest BCUT2D eigenvalue weighted by atomic mass is 16.5. The average molecular weight is 437 g/mol. The lowest BCUT2D eigenvalue weighted by molar-refractivity contribution is -0.149. The van der Waals surface area contributed by atoms with Crippen molar-refractivity contribution in [1.82, 2.24) is 10.2 Å². The standard InChI is InChI=1S/C25H28N2O5/c1-15(24(29)30)27(2)23(28)22(13-16-11-12-16)26-25(31)32-14-21-19-9-5-3-7-17(19)18-8-4-6-10-20(18)21/h3-10,15-16,21-22H,11-14H2,1-2H3,(H,26,31)(H,29,30)/t15?,22-/m0/s1. The van der Waals surface area contributed by atoms with Gasteiger partial charge in [-0.25, -0.2) is 9.59 Å². The second kappa shape index (κ2) is 9.02. The number of hydrogen-bond acceptors (Lipinski definition) is 4. The molecule has 0 radical (unpaired) electrons. The molecule has 0 aliphatic heterocycles. The molecule has 0 heterocycles. The van der Waals surface area contributed by atoms with Crippen molar-refractivity contribution >= 4 is 18.0 Å². The van der Waals surface area contributed by atoms with Gasteiger partial charge >= 0.3 is 12.1 Å². The van der Waals surface area contributed by atoms with E-state index in [0.29, 0.717) is 12.3 Å². The van der Waals surface area contributed by atoms with E-state index >= 15 is 0 Å². The second-order valence-corrected chi connectivity index (χ2v) is 8.66. The van der Waals surface area contributed by atoms with Gasteiger partial charge in [0.1, 0.15) is 18.7 Å². The van der Waals surface area contributed by atoms with Crippen LogP contribution in [0.1, 0.15) is 43.2 Å². The number of fused-ring (bicyclic) bond motifs is 3. The highest BCUT2D eigenvalue weighted by Crippen LogP contribution is 2.44. The van der Waals surface area contributed by atoms with Gasteiger partial charge in [0.25, 0.3) is 0 Å². The van der Waals surface area contributed by atoms with Gasteiger partial charge in [0, 0.05) is 13.0 Å². The fraction of sp³-hybridized carbons (Fsp3) is 0.400. The molecule has 0 aromatic heterocycles. The Morgan fingerprint density at radius 3 is 2.16 bits per heavy atom. The Kier molecular flexibility index (Phi) is 6.17. The molecule has 2 aliphatic carbocycles. The Hall–Kier alpha value is -3.35. The molecule has 1 saturated carbocycles. The summed E-state index contributed by atoms with van der Waals surface area (Å²) in [6, 6.07) is 14.4. The lowest BCUT2D eigenvalue weighted by Crippen LogP contribution is -2.51. The first-order chi connectivity index (χ1) is 15.4. The van der Waals surface area contributed by atoms with E-state index in [1.807, 2.05) is 36.4 Å². The van der Waals surface area contributed by atoms with Crippen molar-refractivity contribution in [2.45, 2.75) is 44.2 Å². The number of carbonyl (C=O) groups excluding carboxylic acids is 2. The fourth-order valence-corrected chi connectivity index (χ4v) is 4.29. The molecule has 2 amide bonds. The van der Waals surface area contributed by atoms with Gasteiger partial charge in [-0.2, -0.15) is 0 Å². The monoisotopic (exact) mass is 436 g/mol. The normalized spacial score (nSPS) is 16.4. The zero-order valence-electron chi connectivity index (χ0n) is 18.3. The molecule has 1 unspecified atom stereocenters. The number of hydrogen-bond donors (Lipinski definition) is 2. The predicted molar refractivity (Wildman–Crippen MR) is 119 cm³/mol. The van der Waals surface area contributed by atoms with Crippen molar-refractivity contribution in [3.05, 3.63) is 59.7 Å². The number of carboxylic acid groups (broad SMARTS) is 1. The molecule has 2 aliphatic rings. The molecule has 168 valence electrons. The summed E-state index contributed by atoms with van der Waals surface area (Å²) in [5, 5.41) is 11.9. The highest BCUT2D eigenvalue weighted by molar-refractivity contribution is 5.89. The molecule has 7 heteroatoms. The molecule has 32 heavy (non-hydrogen) atoms. The molecule has 2 aromatic rings. The summed E-state index contributed by atoms with van der Waals surface area (Å²) in [6.45, 7) is 1.60. The Labute approximate surface area is 187 Å². The van der Waals surface area contributed by atoms with Crippen LogP contribution in [0.3, 0.4) is 0 Å². The number of alkyl carbamates (subject to hydrolysis) is 1. The van der Waals surface area contributed by atoms with Crippen molar-refractivity contribution < 1.29 is 24.2 Å².